The molecule has 1 aliphatic heterocycles. The highest BCUT2D eigenvalue weighted by Crippen LogP contribution is 2.42. The molecule has 24 heavy (non-hydrogen) atoms. The smallest absolute Gasteiger partial charge is 0.308 e. The number of nitrogens with one attached hydrogen (secondary N) is 1. The molecule has 2 N–H and O–H groups in total. The normalized spacial score (nSPS) is 17.7. The molecular formula is C17H15Cl2N3O2. The van der Waals surface area contributed by atoms with E-state index in [0.29, 0.717) is 23.0 Å². The molecule has 1 aliphatic rings. The van der Waals surface area contributed by atoms with Gasteiger partial charge in [-0.1, -0.05) is 29.3 Å². The Morgan fingerprint density at radius 1 is 1.38 bits per heavy atom. The highest BCUT2D eigenvalue weighted by molar-refractivity contribution is 6.45. The first-order chi connectivity index (χ1) is 11.6. The van der Waals surface area contributed by atoms with Crippen molar-refractivity contribution in [2.45, 2.75) is 25.8 Å². The zero-order valence-corrected chi connectivity index (χ0v) is 14.2. The van der Waals surface area contributed by atoms with Crippen LogP contribution in [0.3, 0.4) is 0 Å². The minimum absolute atomic E-state index is 0.402. The molecule has 0 saturated heterocycles. The van der Waals surface area contributed by atoms with Gasteiger partial charge in [0.1, 0.15) is 0 Å². The van der Waals surface area contributed by atoms with E-state index in [1.165, 1.54) is 0 Å². The SMILES string of the molecule is O=C(O)C1CCCc2c(-c3cn[nH]c3)c3ccc(Cl)c(Cl)c3n2C1. The van der Waals surface area contributed by atoms with Crippen molar-refractivity contribution < 1.29 is 9.90 Å². The lowest BCUT2D eigenvalue weighted by atomic mass is 10.00. The largest absolute Gasteiger partial charge is 0.481 e. The summed E-state index contributed by atoms with van der Waals surface area (Å²) in [4.78, 5) is 11.6. The number of carbonyl (C=O) groups is 1. The molecule has 3 heterocycles. The Labute approximate surface area is 148 Å². The Morgan fingerprint density at radius 3 is 2.92 bits per heavy atom. The van der Waals surface area contributed by atoms with E-state index in [-0.39, 0.29) is 0 Å². The third kappa shape index (κ3) is 2.31. The molecule has 1 unspecified atom stereocenters. The van der Waals surface area contributed by atoms with Gasteiger partial charge in [0, 0.05) is 34.9 Å². The highest BCUT2D eigenvalue weighted by Gasteiger charge is 2.28. The van der Waals surface area contributed by atoms with Crippen molar-refractivity contribution >= 4 is 40.1 Å². The first kappa shape index (κ1) is 15.5. The standard InChI is InChI=1S/C17H15Cl2N3O2/c18-12-5-4-11-14(10-6-20-21-7-10)13-3-1-2-9(17(23)24)8-22(13)16(11)15(12)19/h4-7,9H,1-3,8H2,(H,20,21)(H,23,24). The lowest BCUT2D eigenvalue weighted by molar-refractivity contribution is -0.142. The minimum Gasteiger partial charge on any atom is -0.481 e. The predicted molar refractivity (Wildman–Crippen MR) is 93.6 cm³/mol. The van der Waals surface area contributed by atoms with Crippen LogP contribution in [0.1, 0.15) is 18.5 Å². The van der Waals surface area contributed by atoms with Gasteiger partial charge in [0.15, 0.2) is 0 Å². The van der Waals surface area contributed by atoms with E-state index in [0.717, 1.165) is 40.6 Å². The molecular weight excluding hydrogens is 349 g/mol. The third-order valence-electron chi connectivity index (χ3n) is 4.73. The quantitative estimate of drug-likeness (QED) is 0.709. The fourth-order valence-electron chi connectivity index (χ4n) is 3.63. The van der Waals surface area contributed by atoms with Gasteiger partial charge in [0.2, 0.25) is 0 Å². The highest BCUT2D eigenvalue weighted by atomic mass is 35.5. The number of benzene rings is 1. The third-order valence-corrected chi connectivity index (χ3v) is 5.52. The average Bonchev–Trinajstić information content (AvgIpc) is 3.11. The Morgan fingerprint density at radius 2 is 2.21 bits per heavy atom. The molecule has 0 bridgehead atoms. The van der Waals surface area contributed by atoms with Crippen molar-refractivity contribution in [1.82, 2.24) is 14.8 Å². The number of rotatable bonds is 2. The van der Waals surface area contributed by atoms with Crippen LogP contribution in [-0.4, -0.2) is 25.8 Å². The van der Waals surface area contributed by atoms with Gasteiger partial charge in [0.05, 0.1) is 27.7 Å². The fourth-order valence-corrected chi connectivity index (χ4v) is 4.05. The molecule has 2 aromatic heterocycles. The van der Waals surface area contributed by atoms with E-state index in [9.17, 15) is 9.90 Å². The number of fused-ring (bicyclic) bond motifs is 3. The molecule has 0 amide bonds. The molecule has 1 aromatic carbocycles. The Bertz CT molecular complexity index is 931. The summed E-state index contributed by atoms with van der Waals surface area (Å²) in [5, 5.41) is 18.3. The van der Waals surface area contributed by atoms with Gasteiger partial charge >= 0.3 is 5.97 Å². The summed E-state index contributed by atoms with van der Waals surface area (Å²) in [5.41, 5.74) is 3.94. The second-order valence-electron chi connectivity index (χ2n) is 6.10. The number of halogens is 2. The number of aromatic nitrogens is 3. The number of nitrogens with zero attached hydrogens (tertiary/aromatic N) is 2. The van der Waals surface area contributed by atoms with E-state index in [1.54, 1.807) is 12.3 Å². The Kier molecular flexibility index (Phi) is 3.77. The van der Waals surface area contributed by atoms with Crippen molar-refractivity contribution in [1.29, 1.82) is 0 Å². The fraction of sp³-hybridized carbons (Fsp3) is 0.294. The van der Waals surface area contributed by atoms with Gasteiger partial charge in [-0.2, -0.15) is 5.10 Å². The number of aliphatic carboxylic acids is 1. The first-order valence-electron chi connectivity index (χ1n) is 7.79. The second kappa shape index (κ2) is 5.83. The predicted octanol–water partition coefficient (Wildman–Crippen LogP) is 4.38. The topological polar surface area (TPSA) is 70.9 Å². The van der Waals surface area contributed by atoms with E-state index in [2.05, 4.69) is 10.2 Å². The minimum atomic E-state index is -0.771. The maximum Gasteiger partial charge on any atom is 0.308 e. The first-order valence-corrected chi connectivity index (χ1v) is 8.54. The van der Waals surface area contributed by atoms with Crippen LogP contribution in [0.4, 0.5) is 0 Å². The monoisotopic (exact) mass is 363 g/mol. The summed E-state index contributed by atoms with van der Waals surface area (Å²) < 4.78 is 2.04. The van der Waals surface area contributed by atoms with Crippen LogP contribution in [0.5, 0.6) is 0 Å². The molecule has 0 radical (unpaired) electrons. The van der Waals surface area contributed by atoms with Crippen LogP contribution >= 0.6 is 23.2 Å². The zero-order chi connectivity index (χ0) is 16.8. The summed E-state index contributed by atoms with van der Waals surface area (Å²) in [6.45, 7) is 0.402. The summed E-state index contributed by atoms with van der Waals surface area (Å²) in [6, 6.07) is 3.73. The average molecular weight is 364 g/mol. The Hall–Kier alpha value is -1.98. The van der Waals surface area contributed by atoms with Gasteiger partial charge in [-0.05, 0) is 25.3 Å². The molecule has 1 atom stereocenters. The van der Waals surface area contributed by atoms with Crippen molar-refractivity contribution in [2.75, 3.05) is 0 Å². The molecule has 0 spiro atoms. The van der Waals surface area contributed by atoms with Gasteiger partial charge in [-0.3, -0.25) is 9.89 Å². The van der Waals surface area contributed by atoms with Gasteiger partial charge in [-0.25, -0.2) is 0 Å². The van der Waals surface area contributed by atoms with Crippen molar-refractivity contribution in [3.8, 4) is 11.1 Å². The van der Waals surface area contributed by atoms with Crippen molar-refractivity contribution in [2.24, 2.45) is 5.92 Å². The zero-order valence-electron chi connectivity index (χ0n) is 12.7. The van der Waals surface area contributed by atoms with Gasteiger partial charge in [-0.15, -0.1) is 0 Å². The number of hydrogen-bond acceptors (Lipinski definition) is 2. The van der Waals surface area contributed by atoms with Crippen molar-refractivity contribution in [3.63, 3.8) is 0 Å². The van der Waals surface area contributed by atoms with Crippen LogP contribution in [0, 0.1) is 5.92 Å². The van der Waals surface area contributed by atoms with Crippen molar-refractivity contribution in [3.05, 3.63) is 40.3 Å². The van der Waals surface area contributed by atoms with E-state index >= 15 is 0 Å². The van der Waals surface area contributed by atoms with E-state index in [4.69, 9.17) is 23.2 Å². The molecule has 0 aliphatic carbocycles. The molecule has 0 saturated carbocycles. The second-order valence-corrected chi connectivity index (χ2v) is 6.89. The number of carboxylic acids is 1. The number of H-pyrrole nitrogens is 1. The summed E-state index contributed by atoms with van der Waals surface area (Å²) in [7, 11) is 0. The van der Waals surface area contributed by atoms with E-state index in [1.807, 2.05) is 16.8 Å². The number of aromatic amines is 1. The van der Waals surface area contributed by atoms with Gasteiger partial charge < -0.3 is 9.67 Å². The summed E-state index contributed by atoms with van der Waals surface area (Å²) in [6.07, 6.45) is 5.90. The molecule has 124 valence electrons. The number of hydrogen-bond donors (Lipinski definition) is 2. The molecule has 5 nitrogen and oxygen atoms in total. The lowest BCUT2D eigenvalue weighted by Crippen LogP contribution is -2.18. The van der Waals surface area contributed by atoms with Crippen LogP contribution in [-0.2, 0) is 17.8 Å². The van der Waals surface area contributed by atoms with Crippen LogP contribution in [0.25, 0.3) is 22.0 Å². The van der Waals surface area contributed by atoms with Crippen LogP contribution in [0.2, 0.25) is 10.0 Å². The molecule has 3 aromatic rings. The van der Waals surface area contributed by atoms with Crippen LogP contribution in [0.15, 0.2) is 24.5 Å². The molecule has 0 fully saturated rings. The van der Waals surface area contributed by atoms with Gasteiger partial charge in [0.25, 0.3) is 0 Å². The Balaban J connectivity index is 2.05. The maximum absolute atomic E-state index is 11.6. The van der Waals surface area contributed by atoms with Crippen LogP contribution < -0.4 is 0 Å². The summed E-state index contributed by atoms with van der Waals surface area (Å²) in [5.74, 6) is -1.19. The number of carboxylic acid groups (broad SMARTS) is 1. The van der Waals surface area contributed by atoms with E-state index < -0.39 is 11.9 Å². The molecule has 4 rings (SSSR count). The summed E-state index contributed by atoms with van der Waals surface area (Å²) >= 11 is 12.7. The lowest BCUT2D eigenvalue weighted by Gasteiger charge is -2.13. The molecule has 7 heteroatoms. The maximum atomic E-state index is 11.6.